The summed E-state index contributed by atoms with van der Waals surface area (Å²) in [6.07, 6.45) is 5.83. The maximum atomic E-state index is 4.46. The maximum Gasteiger partial charge on any atom is 0.153 e. The van der Waals surface area contributed by atoms with Crippen LogP contribution in [0, 0.1) is 6.92 Å². The molecule has 92 valence electrons. The summed E-state index contributed by atoms with van der Waals surface area (Å²) in [5.74, 6) is 1.03. The summed E-state index contributed by atoms with van der Waals surface area (Å²) in [5, 5.41) is 0. The SMILES string of the molecule is Cc1cnccc1N1c2cccnc2N(C)C1C. The van der Waals surface area contributed by atoms with Crippen LogP contribution in [0.25, 0.3) is 0 Å². The molecule has 1 aliphatic rings. The lowest BCUT2D eigenvalue weighted by Gasteiger charge is -2.28. The van der Waals surface area contributed by atoms with Gasteiger partial charge in [-0.3, -0.25) is 4.98 Å². The molecule has 0 spiro atoms. The average molecular weight is 240 g/mol. The van der Waals surface area contributed by atoms with Gasteiger partial charge in [-0.25, -0.2) is 4.98 Å². The van der Waals surface area contributed by atoms with Gasteiger partial charge in [0.25, 0.3) is 0 Å². The molecule has 0 saturated heterocycles. The van der Waals surface area contributed by atoms with Gasteiger partial charge in [0, 0.05) is 31.3 Å². The summed E-state index contributed by atoms with van der Waals surface area (Å²) < 4.78 is 0. The van der Waals surface area contributed by atoms with Crippen molar-refractivity contribution in [2.45, 2.75) is 20.0 Å². The van der Waals surface area contributed by atoms with Gasteiger partial charge in [0.05, 0.1) is 5.69 Å². The topological polar surface area (TPSA) is 32.3 Å². The smallest absolute Gasteiger partial charge is 0.153 e. The van der Waals surface area contributed by atoms with Crippen molar-refractivity contribution in [1.29, 1.82) is 0 Å². The second kappa shape index (κ2) is 3.98. The van der Waals surface area contributed by atoms with Crippen LogP contribution in [-0.4, -0.2) is 23.2 Å². The molecule has 1 unspecified atom stereocenters. The third-order valence-electron chi connectivity index (χ3n) is 3.54. The van der Waals surface area contributed by atoms with E-state index >= 15 is 0 Å². The highest BCUT2D eigenvalue weighted by Crippen LogP contribution is 2.42. The van der Waals surface area contributed by atoms with E-state index in [1.165, 1.54) is 11.3 Å². The lowest BCUT2D eigenvalue weighted by Crippen LogP contribution is -2.36. The molecule has 0 saturated carbocycles. The normalized spacial score (nSPS) is 18.1. The highest BCUT2D eigenvalue weighted by Gasteiger charge is 2.32. The molecule has 3 heterocycles. The molecular formula is C14H16N4. The van der Waals surface area contributed by atoms with Gasteiger partial charge in [-0.05, 0) is 37.6 Å². The van der Waals surface area contributed by atoms with Gasteiger partial charge in [-0.1, -0.05) is 0 Å². The second-order valence-corrected chi connectivity index (χ2v) is 4.62. The van der Waals surface area contributed by atoms with Crippen molar-refractivity contribution >= 4 is 17.2 Å². The molecule has 2 aromatic heterocycles. The molecule has 3 rings (SSSR count). The zero-order valence-corrected chi connectivity index (χ0v) is 10.8. The van der Waals surface area contributed by atoms with Crippen molar-refractivity contribution in [3.05, 3.63) is 42.4 Å². The average Bonchev–Trinajstić information content (AvgIpc) is 2.64. The Labute approximate surface area is 107 Å². The number of aryl methyl sites for hydroxylation is 1. The van der Waals surface area contributed by atoms with Crippen LogP contribution >= 0.6 is 0 Å². The Kier molecular flexibility index (Phi) is 2.44. The number of anilines is 3. The molecule has 0 amide bonds. The van der Waals surface area contributed by atoms with Gasteiger partial charge in [0.2, 0.25) is 0 Å². The first-order chi connectivity index (χ1) is 8.70. The van der Waals surface area contributed by atoms with Gasteiger partial charge in [-0.15, -0.1) is 0 Å². The molecule has 0 aromatic carbocycles. The molecule has 0 fully saturated rings. The van der Waals surface area contributed by atoms with Gasteiger partial charge in [0.1, 0.15) is 6.17 Å². The van der Waals surface area contributed by atoms with Crippen LogP contribution in [0.2, 0.25) is 0 Å². The van der Waals surface area contributed by atoms with Crippen molar-refractivity contribution < 1.29 is 0 Å². The molecule has 1 aliphatic heterocycles. The predicted octanol–water partition coefficient (Wildman–Crippen LogP) is 2.72. The van der Waals surface area contributed by atoms with E-state index in [9.17, 15) is 0 Å². The Morgan fingerprint density at radius 2 is 2.00 bits per heavy atom. The van der Waals surface area contributed by atoms with E-state index < -0.39 is 0 Å². The van der Waals surface area contributed by atoms with Gasteiger partial charge in [-0.2, -0.15) is 0 Å². The Hall–Kier alpha value is -2.10. The number of hydrogen-bond acceptors (Lipinski definition) is 4. The Bertz CT molecular complexity index is 582. The molecule has 0 N–H and O–H groups in total. The standard InChI is InChI=1S/C14H16N4/c1-10-9-15-8-6-12(10)18-11(2)17(3)14-13(18)5-4-7-16-14/h4-9,11H,1-3H3. The summed E-state index contributed by atoms with van der Waals surface area (Å²) in [5.41, 5.74) is 3.52. The Morgan fingerprint density at radius 1 is 1.17 bits per heavy atom. The minimum atomic E-state index is 0.260. The Balaban J connectivity index is 2.16. The van der Waals surface area contributed by atoms with Gasteiger partial charge >= 0.3 is 0 Å². The van der Waals surface area contributed by atoms with E-state index in [4.69, 9.17) is 0 Å². The van der Waals surface area contributed by atoms with Crippen LogP contribution in [-0.2, 0) is 0 Å². The zero-order chi connectivity index (χ0) is 12.7. The lowest BCUT2D eigenvalue weighted by molar-refractivity contribution is 0.727. The number of pyridine rings is 2. The fraction of sp³-hybridized carbons (Fsp3) is 0.286. The molecule has 2 aromatic rings. The lowest BCUT2D eigenvalue weighted by atomic mass is 10.2. The summed E-state index contributed by atoms with van der Waals surface area (Å²) in [4.78, 5) is 13.1. The first-order valence-corrected chi connectivity index (χ1v) is 6.08. The van der Waals surface area contributed by atoms with Gasteiger partial charge in [0.15, 0.2) is 5.82 Å². The molecule has 18 heavy (non-hydrogen) atoms. The van der Waals surface area contributed by atoms with Crippen LogP contribution in [0.1, 0.15) is 12.5 Å². The number of aromatic nitrogens is 2. The molecular weight excluding hydrogens is 224 g/mol. The highest BCUT2D eigenvalue weighted by atomic mass is 15.4. The quantitative estimate of drug-likeness (QED) is 0.767. The summed E-state index contributed by atoms with van der Waals surface area (Å²) >= 11 is 0. The van der Waals surface area contributed by atoms with E-state index in [1.807, 2.05) is 24.7 Å². The second-order valence-electron chi connectivity index (χ2n) is 4.62. The van der Waals surface area contributed by atoms with E-state index in [1.54, 1.807) is 0 Å². The minimum absolute atomic E-state index is 0.260. The minimum Gasteiger partial charge on any atom is -0.337 e. The molecule has 0 bridgehead atoms. The molecule has 4 nitrogen and oxygen atoms in total. The van der Waals surface area contributed by atoms with E-state index in [2.05, 4.69) is 52.8 Å². The first kappa shape index (κ1) is 11.0. The van der Waals surface area contributed by atoms with Crippen LogP contribution in [0.15, 0.2) is 36.8 Å². The van der Waals surface area contributed by atoms with Crippen LogP contribution < -0.4 is 9.80 Å². The highest BCUT2D eigenvalue weighted by molar-refractivity contribution is 5.81. The predicted molar refractivity (Wildman–Crippen MR) is 73.2 cm³/mol. The van der Waals surface area contributed by atoms with E-state index in [0.29, 0.717) is 0 Å². The van der Waals surface area contributed by atoms with Crippen molar-refractivity contribution in [2.24, 2.45) is 0 Å². The van der Waals surface area contributed by atoms with Crippen LogP contribution in [0.5, 0.6) is 0 Å². The van der Waals surface area contributed by atoms with Gasteiger partial charge < -0.3 is 9.80 Å². The summed E-state index contributed by atoms with van der Waals surface area (Å²) in [6.45, 7) is 4.27. The fourth-order valence-electron chi connectivity index (χ4n) is 2.47. The van der Waals surface area contributed by atoms with E-state index in [0.717, 1.165) is 11.5 Å². The first-order valence-electron chi connectivity index (χ1n) is 6.08. The Morgan fingerprint density at radius 3 is 2.78 bits per heavy atom. The van der Waals surface area contributed by atoms with E-state index in [-0.39, 0.29) is 6.17 Å². The zero-order valence-electron chi connectivity index (χ0n) is 10.8. The van der Waals surface area contributed by atoms with Crippen LogP contribution in [0.4, 0.5) is 17.2 Å². The number of nitrogens with zero attached hydrogens (tertiary/aromatic N) is 4. The molecule has 4 heteroatoms. The number of rotatable bonds is 1. The molecule has 0 radical (unpaired) electrons. The van der Waals surface area contributed by atoms with Crippen molar-refractivity contribution in [2.75, 3.05) is 16.8 Å². The fourth-order valence-corrected chi connectivity index (χ4v) is 2.47. The van der Waals surface area contributed by atoms with Crippen molar-refractivity contribution in [3.63, 3.8) is 0 Å². The van der Waals surface area contributed by atoms with Crippen molar-refractivity contribution in [1.82, 2.24) is 9.97 Å². The summed E-state index contributed by atoms with van der Waals surface area (Å²) in [7, 11) is 2.08. The summed E-state index contributed by atoms with van der Waals surface area (Å²) in [6, 6.07) is 6.15. The third kappa shape index (κ3) is 1.45. The number of hydrogen-bond donors (Lipinski definition) is 0. The van der Waals surface area contributed by atoms with Crippen molar-refractivity contribution in [3.8, 4) is 0 Å². The van der Waals surface area contributed by atoms with Crippen LogP contribution in [0.3, 0.4) is 0 Å². The molecule has 0 aliphatic carbocycles. The number of fused-ring (bicyclic) bond motifs is 1. The third-order valence-corrected chi connectivity index (χ3v) is 3.54. The maximum absolute atomic E-state index is 4.46. The largest absolute Gasteiger partial charge is 0.337 e. The monoisotopic (exact) mass is 240 g/mol. The molecule has 1 atom stereocenters.